The van der Waals surface area contributed by atoms with E-state index in [-0.39, 0.29) is 0 Å². The van der Waals surface area contributed by atoms with Crippen LogP contribution in [-0.4, -0.2) is 5.33 Å². The maximum atomic E-state index is 4.09. The zero-order valence-corrected chi connectivity index (χ0v) is 8.21. The van der Waals surface area contributed by atoms with Crippen LogP contribution in [0.25, 0.3) is 0 Å². The first kappa shape index (κ1) is 8.32. The lowest BCUT2D eigenvalue weighted by Gasteiger charge is -2.42. The van der Waals surface area contributed by atoms with Gasteiger partial charge in [0, 0.05) is 5.33 Å². The first-order valence-electron chi connectivity index (χ1n) is 3.99. The summed E-state index contributed by atoms with van der Waals surface area (Å²) in [6, 6.07) is 0. The molecule has 1 aliphatic carbocycles. The molecule has 0 spiro atoms. The molecule has 0 aromatic rings. The SMILES string of the molecule is C=C(CBr)C1(CC)CCC1. The molecule has 0 heterocycles. The Hall–Kier alpha value is 0.220. The van der Waals surface area contributed by atoms with Gasteiger partial charge in [0.25, 0.3) is 0 Å². The van der Waals surface area contributed by atoms with Crippen molar-refractivity contribution >= 4 is 15.9 Å². The van der Waals surface area contributed by atoms with Crippen molar-refractivity contribution in [2.45, 2.75) is 32.6 Å². The van der Waals surface area contributed by atoms with Crippen LogP contribution in [0.2, 0.25) is 0 Å². The Morgan fingerprint density at radius 3 is 2.30 bits per heavy atom. The lowest BCUT2D eigenvalue weighted by Crippen LogP contribution is -2.30. The second-order valence-electron chi connectivity index (χ2n) is 3.22. The number of allylic oxidation sites excluding steroid dienone is 1. The van der Waals surface area contributed by atoms with Crippen molar-refractivity contribution in [3.63, 3.8) is 0 Å². The van der Waals surface area contributed by atoms with Gasteiger partial charge in [-0.25, -0.2) is 0 Å². The molecule has 0 radical (unpaired) electrons. The molecule has 0 aromatic heterocycles. The zero-order chi connectivity index (χ0) is 7.61. The van der Waals surface area contributed by atoms with Crippen molar-refractivity contribution < 1.29 is 0 Å². The fraction of sp³-hybridized carbons (Fsp3) is 0.778. The van der Waals surface area contributed by atoms with Gasteiger partial charge in [-0.3, -0.25) is 0 Å². The minimum Gasteiger partial charge on any atom is -0.0985 e. The van der Waals surface area contributed by atoms with Crippen molar-refractivity contribution in [1.29, 1.82) is 0 Å². The van der Waals surface area contributed by atoms with Gasteiger partial charge in [-0.15, -0.1) is 0 Å². The molecule has 0 N–H and O–H groups in total. The Morgan fingerprint density at radius 2 is 2.20 bits per heavy atom. The number of halogens is 1. The summed E-state index contributed by atoms with van der Waals surface area (Å²) in [7, 11) is 0. The Labute approximate surface area is 71.8 Å². The van der Waals surface area contributed by atoms with E-state index in [4.69, 9.17) is 0 Å². The van der Waals surface area contributed by atoms with Crippen molar-refractivity contribution in [3.8, 4) is 0 Å². The van der Waals surface area contributed by atoms with Crippen molar-refractivity contribution in [1.82, 2.24) is 0 Å². The first-order chi connectivity index (χ1) is 4.75. The Morgan fingerprint density at radius 1 is 1.60 bits per heavy atom. The summed E-state index contributed by atoms with van der Waals surface area (Å²) in [4.78, 5) is 0. The normalized spacial score (nSPS) is 21.8. The van der Waals surface area contributed by atoms with Crippen LogP contribution in [0.5, 0.6) is 0 Å². The van der Waals surface area contributed by atoms with Gasteiger partial charge >= 0.3 is 0 Å². The maximum absolute atomic E-state index is 4.09. The highest BCUT2D eigenvalue weighted by atomic mass is 79.9. The third kappa shape index (κ3) is 1.16. The van der Waals surface area contributed by atoms with Gasteiger partial charge in [0.1, 0.15) is 0 Å². The van der Waals surface area contributed by atoms with E-state index in [0.717, 1.165) is 5.33 Å². The van der Waals surface area contributed by atoms with Crippen LogP contribution in [0.1, 0.15) is 32.6 Å². The maximum Gasteiger partial charge on any atom is 0.0244 e. The third-order valence-corrected chi connectivity index (χ3v) is 3.58. The van der Waals surface area contributed by atoms with Gasteiger partial charge in [0.2, 0.25) is 0 Å². The molecule has 1 rings (SSSR count). The van der Waals surface area contributed by atoms with Crippen molar-refractivity contribution in [2.24, 2.45) is 5.41 Å². The number of alkyl halides is 1. The zero-order valence-electron chi connectivity index (χ0n) is 6.62. The second-order valence-corrected chi connectivity index (χ2v) is 3.79. The van der Waals surface area contributed by atoms with E-state index in [1.807, 2.05) is 0 Å². The van der Waals surface area contributed by atoms with Crippen LogP contribution in [0, 0.1) is 5.41 Å². The summed E-state index contributed by atoms with van der Waals surface area (Å²) < 4.78 is 0. The van der Waals surface area contributed by atoms with E-state index in [1.165, 1.54) is 31.3 Å². The molecular formula is C9H15Br. The molecule has 1 aliphatic rings. The highest BCUT2D eigenvalue weighted by Crippen LogP contribution is 2.49. The van der Waals surface area contributed by atoms with Gasteiger partial charge in [-0.1, -0.05) is 41.4 Å². The molecule has 0 amide bonds. The predicted octanol–water partition coefficient (Wildman–Crippen LogP) is 3.52. The summed E-state index contributed by atoms with van der Waals surface area (Å²) in [5, 5.41) is 0.987. The van der Waals surface area contributed by atoms with E-state index >= 15 is 0 Å². The Kier molecular flexibility index (Phi) is 2.56. The summed E-state index contributed by atoms with van der Waals surface area (Å²) >= 11 is 3.47. The highest BCUT2D eigenvalue weighted by Gasteiger charge is 2.36. The monoisotopic (exact) mass is 202 g/mol. The molecule has 0 unspecified atom stereocenters. The second kappa shape index (κ2) is 3.08. The van der Waals surface area contributed by atoms with Crippen LogP contribution >= 0.6 is 15.9 Å². The molecule has 1 heteroatoms. The molecular weight excluding hydrogens is 188 g/mol. The standard InChI is InChI=1S/C9H15Br/c1-3-9(5-4-6-9)8(2)7-10/h2-7H2,1H3. The molecule has 1 saturated carbocycles. The molecule has 0 atom stereocenters. The highest BCUT2D eigenvalue weighted by molar-refractivity contribution is 9.09. The first-order valence-corrected chi connectivity index (χ1v) is 5.11. The van der Waals surface area contributed by atoms with E-state index < -0.39 is 0 Å². The third-order valence-electron chi connectivity index (χ3n) is 2.90. The number of rotatable bonds is 3. The van der Waals surface area contributed by atoms with Gasteiger partial charge in [0.05, 0.1) is 0 Å². The fourth-order valence-electron chi connectivity index (χ4n) is 1.70. The van der Waals surface area contributed by atoms with E-state index in [9.17, 15) is 0 Å². The van der Waals surface area contributed by atoms with E-state index in [1.54, 1.807) is 0 Å². The smallest absolute Gasteiger partial charge is 0.0244 e. The van der Waals surface area contributed by atoms with Crippen LogP contribution in [-0.2, 0) is 0 Å². The quantitative estimate of drug-likeness (QED) is 0.486. The predicted molar refractivity (Wildman–Crippen MR) is 49.5 cm³/mol. The summed E-state index contributed by atoms with van der Waals surface area (Å²) in [5.41, 5.74) is 1.94. The van der Waals surface area contributed by atoms with Crippen LogP contribution in [0.4, 0.5) is 0 Å². The average Bonchev–Trinajstić information content (AvgIpc) is 1.86. The van der Waals surface area contributed by atoms with Gasteiger partial charge < -0.3 is 0 Å². The topological polar surface area (TPSA) is 0 Å². The molecule has 10 heavy (non-hydrogen) atoms. The molecule has 0 saturated heterocycles. The number of hydrogen-bond donors (Lipinski definition) is 0. The van der Waals surface area contributed by atoms with Crippen LogP contribution in [0.15, 0.2) is 12.2 Å². The van der Waals surface area contributed by atoms with Crippen molar-refractivity contribution in [3.05, 3.63) is 12.2 Å². The minimum absolute atomic E-state index is 0.531. The largest absolute Gasteiger partial charge is 0.0985 e. The van der Waals surface area contributed by atoms with Crippen LogP contribution < -0.4 is 0 Å². The molecule has 1 fully saturated rings. The summed E-state index contributed by atoms with van der Waals surface area (Å²) in [5.74, 6) is 0. The average molecular weight is 203 g/mol. The molecule has 0 aromatic carbocycles. The van der Waals surface area contributed by atoms with Crippen molar-refractivity contribution in [2.75, 3.05) is 5.33 Å². The lowest BCUT2D eigenvalue weighted by atomic mass is 9.63. The van der Waals surface area contributed by atoms with E-state index in [2.05, 4.69) is 29.4 Å². The van der Waals surface area contributed by atoms with Crippen LogP contribution in [0.3, 0.4) is 0 Å². The fourth-order valence-corrected chi connectivity index (χ4v) is 2.30. The minimum atomic E-state index is 0.531. The number of hydrogen-bond acceptors (Lipinski definition) is 0. The van der Waals surface area contributed by atoms with Gasteiger partial charge in [-0.2, -0.15) is 0 Å². The molecule has 0 nitrogen and oxygen atoms in total. The molecule has 0 aliphatic heterocycles. The van der Waals surface area contributed by atoms with Gasteiger partial charge in [0.15, 0.2) is 0 Å². The lowest BCUT2D eigenvalue weighted by molar-refractivity contribution is 0.180. The molecule has 0 bridgehead atoms. The Balaban J connectivity index is 2.55. The summed E-state index contributed by atoms with van der Waals surface area (Å²) in [6.07, 6.45) is 5.42. The van der Waals surface area contributed by atoms with Gasteiger partial charge in [-0.05, 0) is 24.7 Å². The van der Waals surface area contributed by atoms with E-state index in [0.29, 0.717) is 5.41 Å². The molecule has 58 valence electrons. The Bertz CT molecular complexity index is 128. The summed E-state index contributed by atoms with van der Waals surface area (Å²) in [6.45, 7) is 6.36.